The van der Waals surface area contributed by atoms with Crippen molar-refractivity contribution >= 4 is 23.4 Å². The molecule has 170 valence electrons. The van der Waals surface area contributed by atoms with Crippen LogP contribution in [0.5, 0.6) is 5.75 Å². The molecule has 2 aromatic rings. The Morgan fingerprint density at radius 2 is 1.78 bits per heavy atom. The number of benzene rings is 2. The highest BCUT2D eigenvalue weighted by Gasteiger charge is 2.22. The number of nitrogens with one attached hydrogen (secondary N) is 3. The van der Waals surface area contributed by atoms with Crippen molar-refractivity contribution in [1.82, 2.24) is 10.6 Å². The third kappa shape index (κ3) is 6.55. The molecule has 3 amide bonds. The fourth-order valence-electron chi connectivity index (χ4n) is 3.29. The van der Waals surface area contributed by atoms with Gasteiger partial charge < -0.3 is 25.4 Å². The summed E-state index contributed by atoms with van der Waals surface area (Å²) in [5.41, 5.74) is 3.13. The number of hydrogen-bond donors (Lipinski definition) is 3. The molecular formula is C24H29N3O5. The van der Waals surface area contributed by atoms with Crippen LogP contribution in [0.2, 0.25) is 0 Å². The summed E-state index contributed by atoms with van der Waals surface area (Å²) < 4.78 is 10.9. The van der Waals surface area contributed by atoms with Gasteiger partial charge >= 0.3 is 0 Å². The lowest BCUT2D eigenvalue weighted by molar-refractivity contribution is -0.130. The number of anilines is 1. The van der Waals surface area contributed by atoms with Gasteiger partial charge in [0.15, 0.2) is 6.61 Å². The van der Waals surface area contributed by atoms with Crippen molar-refractivity contribution < 1.29 is 23.9 Å². The quantitative estimate of drug-likeness (QED) is 0.520. The Labute approximate surface area is 187 Å². The summed E-state index contributed by atoms with van der Waals surface area (Å²) >= 11 is 0. The van der Waals surface area contributed by atoms with E-state index in [-0.39, 0.29) is 30.4 Å². The van der Waals surface area contributed by atoms with Crippen molar-refractivity contribution in [3.05, 3.63) is 59.2 Å². The van der Waals surface area contributed by atoms with Crippen LogP contribution in [0.3, 0.4) is 0 Å². The predicted octanol–water partition coefficient (Wildman–Crippen LogP) is 2.35. The van der Waals surface area contributed by atoms with Crippen LogP contribution in [-0.4, -0.2) is 50.1 Å². The van der Waals surface area contributed by atoms with Crippen LogP contribution in [0, 0.1) is 13.8 Å². The maximum Gasteiger partial charge on any atom is 0.262 e. The molecule has 1 unspecified atom stereocenters. The molecule has 3 rings (SSSR count). The Morgan fingerprint density at radius 3 is 2.50 bits per heavy atom. The normalized spacial score (nSPS) is 15.1. The van der Waals surface area contributed by atoms with Crippen molar-refractivity contribution in [3.8, 4) is 5.75 Å². The van der Waals surface area contributed by atoms with Crippen molar-refractivity contribution in [1.29, 1.82) is 0 Å². The average Bonchev–Trinajstić information content (AvgIpc) is 3.33. The summed E-state index contributed by atoms with van der Waals surface area (Å²) in [5.74, 6) is -0.00454. The van der Waals surface area contributed by atoms with E-state index in [1.165, 1.54) is 0 Å². The van der Waals surface area contributed by atoms with Gasteiger partial charge in [0.1, 0.15) is 11.9 Å². The maximum atomic E-state index is 12.2. The lowest BCUT2D eigenvalue weighted by Gasteiger charge is -2.12. The Morgan fingerprint density at radius 1 is 1.03 bits per heavy atom. The molecule has 1 fully saturated rings. The van der Waals surface area contributed by atoms with E-state index in [4.69, 9.17) is 9.47 Å². The van der Waals surface area contributed by atoms with E-state index in [0.29, 0.717) is 36.7 Å². The zero-order valence-electron chi connectivity index (χ0n) is 18.4. The third-order valence-electron chi connectivity index (χ3n) is 5.28. The van der Waals surface area contributed by atoms with Gasteiger partial charge in [-0.2, -0.15) is 0 Å². The van der Waals surface area contributed by atoms with Crippen molar-refractivity contribution in [2.75, 3.05) is 31.6 Å². The standard InChI is InChI=1S/C24H29N3O5/c1-16-5-3-6-20(17(16)2)32-15-22(28)27-19-10-8-18(9-11-19)23(29)25-12-13-26-24(30)21-7-4-14-31-21/h3,5-6,8-11,21H,4,7,12-15H2,1-2H3,(H,25,29)(H,26,30)(H,27,28). The SMILES string of the molecule is Cc1cccc(OCC(=O)Nc2ccc(C(=O)NCCNC(=O)C3CCCO3)cc2)c1C. The number of carbonyl (C=O) groups excluding carboxylic acids is 3. The highest BCUT2D eigenvalue weighted by atomic mass is 16.5. The molecule has 1 saturated heterocycles. The molecule has 0 bridgehead atoms. The Bertz CT molecular complexity index is 953. The van der Waals surface area contributed by atoms with Crippen molar-refractivity contribution in [2.24, 2.45) is 0 Å². The largest absolute Gasteiger partial charge is 0.483 e. The average molecular weight is 440 g/mol. The number of carbonyl (C=O) groups is 3. The van der Waals surface area contributed by atoms with E-state index in [1.54, 1.807) is 24.3 Å². The molecule has 32 heavy (non-hydrogen) atoms. The summed E-state index contributed by atoms with van der Waals surface area (Å²) in [7, 11) is 0. The van der Waals surface area contributed by atoms with Crippen LogP contribution < -0.4 is 20.7 Å². The molecule has 1 heterocycles. The molecule has 0 spiro atoms. The van der Waals surface area contributed by atoms with Gasteiger partial charge in [-0.1, -0.05) is 12.1 Å². The molecule has 0 radical (unpaired) electrons. The van der Waals surface area contributed by atoms with E-state index in [0.717, 1.165) is 24.0 Å². The first-order valence-corrected chi connectivity index (χ1v) is 10.7. The third-order valence-corrected chi connectivity index (χ3v) is 5.28. The zero-order valence-corrected chi connectivity index (χ0v) is 18.4. The Hall–Kier alpha value is -3.39. The summed E-state index contributed by atoms with van der Waals surface area (Å²) in [5, 5.41) is 8.25. The second-order valence-electron chi connectivity index (χ2n) is 7.66. The number of rotatable bonds is 9. The van der Waals surface area contributed by atoms with Crippen LogP contribution in [0.25, 0.3) is 0 Å². The number of aryl methyl sites for hydroxylation is 1. The van der Waals surface area contributed by atoms with Gasteiger partial charge in [-0.25, -0.2) is 0 Å². The van der Waals surface area contributed by atoms with Crippen LogP contribution in [0.4, 0.5) is 5.69 Å². The molecule has 1 atom stereocenters. The minimum Gasteiger partial charge on any atom is -0.483 e. The first-order valence-electron chi connectivity index (χ1n) is 10.7. The Balaban J connectivity index is 1.38. The Kier molecular flexibility index (Phi) is 8.21. The lowest BCUT2D eigenvalue weighted by Crippen LogP contribution is -2.39. The van der Waals surface area contributed by atoms with Gasteiger partial charge in [-0.05, 0) is 68.1 Å². The van der Waals surface area contributed by atoms with E-state index in [9.17, 15) is 14.4 Å². The number of ether oxygens (including phenoxy) is 2. The van der Waals surface area contributed by atoms with Gasteiger partial charge in [-0.3, -0.25) is 14.4 Å². The van der Waals surface area contributed by atoms with E-state index in [2.05, 4.69) is 16.0 Å². The molecule has 3 N–H and O–H groups in total. The minimum atomic E-state index is -0.375. The van der Waals surface area contributed by atoms with Gasteiger partial charge in [0.2, 0.25) is 5.91 Å². The highest BCUT2D eigenvalue weighted by Crippen LogP contribution is 2.20. The summed E-state index contributed by atoms with van der Waals surface area (Å²) in [6.45, 7) is 5.09. The van der Waals surface area contributed by atoms with Crippen molar-refractivity contribution in [2.45, 2.75) is 32.8 Å². The molecule has 2 aromatic carbocycles. The van der Waals surface area contributed by atoms with Crippen LogP contribution in [0.15, 0.2) is 42.5 Å². The van der Waals surface area contributed by atoms with Crippen LogP contribution >= 0.6 is 0 Å². The van der Waals surface area contributed by atoms with E-state index in [1.807, 2.05) is 32.0 Å². The molecular weight excluding hydrogens is 410 g/mol. The van der Waals surface area contributed by atoms with Gasteiger partial charge in [0.25, 0.3) is 11.8 Å². The molecule has 0 aromatic heterocycles. The second-order valence-corrected chi connectivity index (χ2v) is 7.66. The lowest BCUT2D eigenvalue weighted by atomic mass is 10.1. The predicted molar refractivity (Wildman–Crippen MR) is 121 cm³/mol. The summed E-state index contributed by atoms with van der Waals surface area (Å²) in [6.07, 6.45) is 1.25. The van der Waals surface area contributed by atoms with Crippen LogP contribution in [0.1, 0.15) is 34.3 Å². The monoisotopic (exact) mass is 439 g/mol. The zero-order chi connectivity index (χ0) is 22.9. The molecule has 0 aliphatic carbocycles. The first-order chi connectivity index (χ1) is 15.4. The molecule has 8 heteroatoms. The summed E-state index contributed by atoms with van der Waals surface area (Å²) in [6, 6.07) is 12.3. The van der Waals surface area contributed by atoms with E-state index < -0.39 is 0 Å². The van der Waals surface area contributed by atoms with Gasteiger partial charge in [-0.15, -0.1) is 0 Å². The van der Waals surface area contributed by atoms with Crippen LogP contribution in [-0.2, 0) is 14.3 Å². The number of hydrogen-bond acceptors (Lipinski definition) is 5. The fourth-order valence-corrected chi connectivity index (χ4v) is 3.29. The van der Waals surface area contributed by atoms with Crippen molar-refractivity contribution in [3.63, 3.8) is 0 Å². The topological polar surface area (TPSA) is 106 Å². The van der Waals surface area contributed by atoms with Gasteiger partial charge in [0.05, 0.1) is 0 Å². The molecule has 0 saturated carbocycles. The molecule has 8 nitrogen and oxygen atoms in total. The fraction of sp³-hybridized carbons (Fsp3) is 0.375. The van der Waals surface area contributed by atoms with Gasteiger partial charge in [0, 0.05) is 30.9 Å². The first kappa shape index (κ1) is 23.3. The highest BCUT2D eigenvalue weighted by molar-refractivity contribution is 5.96. The van der Waals surface area contributed by atoms with E-state index >= 15 is 0 Å². The smallest absolute Gasteiger partial charge is 0.262 e. The molecule has 1 aliphatic rings. The second kappa shape index (κ2) is 11.3. The number of amides is 3. The maximum absolute atomic E-state index is 12.2. The minimum absolute atomic E-state index is 0.107. The summed E-state index contributed by atoms with van der Waals surface area (Å²) in [4.78, 5) is 36.3. The molecule has 1 aliphatic heterocycles.